The second-order valence-electron chi connectivity index (χ2n) is 4.14. The van der Waals surface area contributed by atoms with Gasteiger partial charge in [-0.2, -0.15) is 0 Å². The third kappa shape index (κ3) is 3.08. The first kappa shape index (κ1) is 14.3. The van der Waals surface area contributed by atoms with Gasteiger partial charge in [0.25, 0.3) is 0 Å². The number of benzene rings is 1. The summed E-state index contributed by atoms with van der Waals surface area (Å²) < 4.78 is 5.27. The highest BCUT2D eigenvalue weighted by Crippen LogP contribution is 2.33. The molecular formula is C14H14N2O3S. The lowest BCUT2D eigenvalue weighted by Gasteiger charge is -2.08. The second-order valence-corrected chi connectivity index (χ2v) is 5.10. The number of rotatable bonds is 5. The molecule has 104 valence electrons. The van der Waals surface area contributed by atoms with Crippen molar-refractivity contribution in [3.05, 3.63) is 57.8 Å². The number of hydrogen-bond acceptors (Lipinski definition) is 5. The molecule has 0 unspecified atom stereocenters. The fourth-order valence-corrected chi connectivity index (χ4v) is 2.86. The maximum absolute atomic E-state index is 11.1. The fraction of sp³-hybridized carbons (Fsp3) is 0.214. The van der Waals surface area contributed by atoms with E-state index in [1.54, 1.807) is 26.3 Å². The third-order valence-electron chi connectivity index (χ3n) is 2.83. The SMILES string of the molecule is COc1ccccc1CSc1nccc(C)c1[N+](=O)[O-]. The predicted molar refractivity (Wildman–Crippen MR) is 78.2 cm³/mol. The van der Waals surface area contributed by atoms with E-state index in [4.69, 9.17) is 4.74 Å². The number of pyridine rings is 1. The van der Waals surface area contributed by atoms with Gasteiger partial charge in [0.15, 0.2) is 5.03 Å². The molecule has 0 saturated heterocycles. The minimum atomic E-state index is -0.382. The van der Waals surface area contributed by atoms with Gasteiger partial charge in [-0.15, -0.1) is 0 Å². The van der Waals surface area contributed by atoms with Crippen LogP contribution in [0.2, 0.25) is 0 Å². The first-order valence-electron chi connectivity index (χ1n) is 5.98. The number of para-hydroxylation sites is 1. The number of ether oxygens (including phenoxy) is 1. The van der Waals surface area contributed by atoms with Crippen LogP contribution in [-0.2, 0) is 5.75 Å². The highest BCUT2D eigenvalue weighted by atomic mass is 32.2. The molecule has 1 heterocycles. The molecule has 0 aliphatic carbocycles. The molecule has 0 spiro atoms. The van der Waals surface area contributed by atoms with E-state index in [1.807, 2.05) is 24.3 Å². The van der Waals surface area contributed by atoms with Gasteiger partial charge in [-0.25, -0.2) is 4.98 Å². The Morgan fingerprint density at radius 1 is 1.35 bits per heavy atom. The van der Waals surface area contributed by atoms with E-state index in [0.29, 0.717) is 16.3 Å². The lowest BCUT2D eigenvalue weighted by molar-refractivity contribution is -0.388. The summed E-state index contributed by atoms with van der Waals surface area (Å²) in [5.41, 5.74) is 1.68. The average Bonchev–Trinajstić information content (AvgIpc) is 2.45. The molecule has 1 aromatic carbocycles. The standard InChI is InChI=1S/C14H14N2O3S/c1-10-7-8-15-14(13(10)16(17)18)20-9-11-5-3-4-6-12(11)19-2/h3-8H,9H2,1-2H3. The van der Waals surface area contributed by atoms with Crippen LogP contribution in [0.1, 0.15) is 11.1 Å². The van der Waals surface area contributed by atoms with Crippen LogP contribution >= 0.6 is 11.8 Å². The van der Waals surface area contributed by atoms with E-state index >= 15 is 0 Å². The van der Waals surface area contributed by atoms with Gasteiger partial charge in [0.2, 0.25) is 0 Å². The topological polar surface area (TPSA) is 65.3 Å². The van der Waals surface area contributed by atoms with E-state index in [0.717, 1.165) is 11.3 Å². The Balaban J connectivity index is 2.23. The number of nitro groups is 1. The Hall–Kier alpha value is -2.08. The Morgan fingerprint density at radius 3 is 2.80 bits per heavy atom. The van der Waals surface area contributed by atoms with Gasteiger partial charge in [-0.3, -0.25) is 10.1 Å². The summed E-state index contributed by atoms with van der Waals surface area (Å²) in [6.07, 6.45) is 1.59. The van der Waals surface area contributed by atoms with Crippen LogP contribution in [0.15, 0.2) is 41.6 Å². The Labute approximate surface area is 121 Å². The minimum Gasteiger partial charge on any atom is -0.496 e. The fourth-order valence-electron chi connectivity index (χ4n) is 1.82. The Morgan fingerprint density at radius 2 is 2.10 bits per heavy atom. The maximum Gasteiger partial charge on any atom is 0.304 e. The summed E-state index contributed by atoms with van der Waals surface area (Å²) in [5, 5.41) is 11.5. The number of aryl methyl sites for hydroxylation is 1. The van der Waals surface area contributed by atoms with Crippen molar-refractivity contribution >= 4 is 17.4 Å². The lowest BCUT2D eigenvalue weighted by atomic mass is 10.2. The molecule has 2 aromatic rings. The van der Waals surface area contributed by atoms with Gasteiger partial charge < -0.3 is 4.74 Å². The molecule has 0 aliphatic rings. The Bertz CT molecular complexity index is 632. The molecule has 20 heavy (non-hydrogen) atoms. The quantitative estimate of drug-likeness (QED) is 0.478. The van der Waals surface area contributed by atoms with E-state index < -0.39 is 0 Å². The van der Waals surface area contributed by atoms with Crippen molar-refractivity contribution in [2.75, 3.05) is 7.11 Å². The van der Waals surface area contributed by atoms with Crippen LogP contribution in [0.25, 0.3) is 0 Å². The van der Waals surface area contributed by atoms with E-state index in [9.17, 15) is 10.1 Å². The van der Waals surface area contributed by atoms with Crippen molar-refractivity contribution in [3.63, 3.8) is 0 Å². The van der Waals surface area contributed by atoms with Gasteiger partial charge in [-0.1, -0.05) is 30.0 Å². The summed E-state index contributed by atoms with van der Waals surface area (Å²) in [6.45, 7) is 1.72. The van der Waals surface area contributed by atoms with Crippen LogP contribution in [0.5, 0.6) is 5.75 Å². The molecule has 0 bridgehead atoms. The second kappa shape index (κ2) is 6.38. The molecule has 1 aromatic heterocycles. The van der Waals surface area contributed by atoms with Crippen LogP contribution in [0.4, 0.5) is 5.69 Å². The van der Waals surface area contributed by atoms with Crippen molar-refractivity contribution in [1.29, 1.82) is 0 Å². The molecule has 2 rings (SSSR count). The van der Waals surface area contributed by atoms with Crippen LogP contribution < -0.4 is 4.74 Å². The average molecular weight is 290 g/mol. The molecule has 0 N–H and O–H groups in total. The summed E-state index contributed by atoms with van der Waals surface area (Å²) in [6, 6.07) is 9.25. The van der Waals surface area contributed by atoms with Crippen molar-refractivity contribution in [3.8, 4) is 5.75 Å². The number of aromatic nitrogens is 1. The Kier molecular flexibility index (Phi) is 4.57. The van der Waals surface area contributed by atoms with Gasteiger partial charge in [0, 0.05) is 23.1 Å². The highest BCUT2D eigenvalue weighted by molar-refractivity contribution is 7.98. The van der Waals surface area contributed by atoms with Crippen LogP contribution in [-0.4, -0.2) is 17.0 Å². The number of hydrogen-bond donors (Lipinski definition) is 0. The van der Waals surface area contributed by atoms with Crippen LogP contribution in [0, 0.1) is 17.0 Å². The van der Waals surface area contributed by atoms with Gasteiger partial charge >= 0.3 is 5.69 Å². The van der Waals surface area contributed by atoms with Crippen molar-refractivity contribution in [2.24, 2.45) is 0 Å². The van der Waals surface area contributed by atoms with Crippen molar-refractivity contribution < 1.29 is 9.66 Å². The van der Waals surface area contributed by atoms with Crippen molar-refractivity contribution in [1.82, 2.24) is 4.98 Å². The molecule has 0 amide bonds. The number of nitrogens with zero attached hydrogens (tertiary/aromatic N) is 2. The van der Waals surface area contributed by atoms with Gasteiger partial charge in [-0.05, 0) is 19.1 Å². The van der Waals surface area contributed by atoms with E-state index in [1.165, 1.54) is 11.8 Å². The van der Waals surface area contributed by atoms with E-state index in [-0.39, 0.29) is 10.6 Å². The number of methoxy groups -OCH3 is 1. The predicted octanol–water partition coefficient (Wildman–Crippen LogP) is 3.60. The summed E-state index contributed by atoms with van der Waals surface area (Å²) >= 11 is 1.34. The molecule has 0 atom stereocenters. The summed E-state index contributed by atoms with van der Waals surface area (Å²) in [5.74, 6) is 1.34. The monoisotopic (exact) mass is 290 g/mol. The zero-order valence-corrected chi connectivity index (χ0v) is 12.0. The molecular weight excluding hydrogens is 276 g/mol. The largest absolute Gasteiger partial charge is 0.496 e. The smallest absolute Gasteiger partial charge is 0.304 e. The maximum atomic E-state index is 11.1. The zero-order valence-electron chi connectivity index (χ0n) is 11.2. The minimum absolute atomic E-state index is 0.0763. The van der Waals surface area contributed by atoms with Gasteiger partial charge in [0.05, 0.1) is 12.0 Å². The van der Waals surface area contributed by atoms with E-state index in [2.05, 4.69) is 4.98 Å². The molecule has 0 radical (unpaired) electrons. The normalized spacial score (nSPS) is 10.3. The molecule has 6 heteroatoms. The first-order valence-corrected chi connectivity index (χ1v) is 6.96. The molecule has 0 fully saturated rings. The molecule has 0 saturated carbocycles. The van der Waals surface area contributed by atoms with Gasteiger partial charge in [0.1, 0.15) is 5.75 Å². The first-order chi connectivity index (χ1) is 9.63. The summed E-state index contributed by atoms with van der Waals surface area (Å²) in [7, 11) is 1.61. The van der Waals surface area contributed by atoms with Crippen molar-refractivity contribution in [2.45, 2.75) is 17.7 Å². The van der Waals surface area contributed by atoms with Crippen LogP contribution in [0.3, 0.4) is 0 Å². The summed E-state index contributed by atoms with van der Waals surface area (Å²) in [4.78, 5) is 14.8. The zero-order chi connectivity index (χ0) is 14.5. The highest BCUT2D eigenvalue weighted by Gasteiger charge is 2.19. The molecule has 0 aliphatic heterocycles. The lowest BCUT2D eigenvalue weighted by Crippen LogP contribution is -1.97. The third-order valence-corrected chi connectivity index (χ3v) is 3.86. The molecule has 5 nitrogen and oxygen atoms in total. The number of thioether (sulfide) groups is 1.